The molecule has 1 rings (SSSR count). The van der Waals surface area contributed by atoms with Gasteiger partial charge in [-0.05, 0) is 23.6 Å². The van der Waals surface area contributed by atoms with Crippen molar-refractivity contribution in [3.63, 3.8) is 0 Å². The zero-order chi connectivity index (χ0) is 14.4. The number of aldehydes is 1. The fourth-order valence-corrected chi connectivity index (χ4v) is 1.97. The summed E-state index contributed by atoms with van der Waals surface area (Å²) in [5.74, 6) is 0.311. The van der Waals surface area contributed by atoms with E-state index in [9.17, 15) is 9.59 Å². The first-order valence-electron chi connectivity index (χ1n) is 6.08. The summed E-state index contributed by atoms with van der Waals surface area (Å²) in [5, 5.41) is 11.3. The first-order chi connectivity index (χ1) is 8.99. The maximum Gasteiger partial charge on any atom is 0.405 e. The Morgan fingerprint density at radius 2 is 1.89 bits per heavy atom. The molecule has 0 saturated heterocycles. The monoisotopic (exact) mass is 265 g/mol. The molecule has 104 valence electrons. The van der Waals surface area contributed by atoms with E-state index in [1.807, 2.05) is 13.8 Å². The van der Waals surface area contributed by atoms with Crippen LogP contribution in [-0.4, -0.2) is 24.6 Å². The second-order valence-electron chi connectivity index (χ2n) is 4.66. The van der Waals surface area contributed by atoms with Gasteiger partial charge in [0.05, 0.1) is 13.2 Å². The Morgan fingerprint density at radius 3 is 2.26 bits per heavy atom. The van der Waals surface area contributed by atoms with Crippen molar-refractivity contribution in [1.29, 1.82) is 0 Å². The minimum absolute atomic E-state index is 0.0384. The third-order valence-corrected chi connectivity index (χ3v) is 3.07. The second-order valence-corrected chi connectivity index (χ2v) is 4.66. The molecule has 0 bridgehead atoms. The predicted octanol–water partition coefficient (Wildman–Crippen LogP) is 2.48. The molecule has 0 spiro atoms. The van der Waals surface area contributed by atoms with Crippen LogP contribution in [0.4, 0.5) is 4.79 Å². The van der Waals surface area contributed by atoms with Gasteiger partial charge in [0.2, 0.25) is 0 Å². The number of hydrogen-bond acceptors (Lipinski definition) is 3. The van der Waals surface area contributed by atoms with Gasteiger partial charge in [-0.25, -0.2) is 4.79 Å². The molecular weight excluding hydrogens is 246 g/mol. The molecular formula is C14H19NO4. The topological polar surface area (TPSA) is 75.6 Å². The van der Waals surface area contributed by atoms with Crippen LogP contribution in [0.1, 0.15) is 25.5 Å². The molecule has 0 aliphatic carbocycles. The van der Waals surface area contributed by atoms with Gasteiger partial charge in [0.15, 0.2) is 0 Å². The van der Waals surface area contributed by atoms with E-state index < -0.39 is 18.1 Å². The molecule has 0 fully saturated rings. The molecule has 1 aromatic rings. The Hall–Kier alpha value is -2.04. The van der Waals surface area contributed by atoms with E-state index in [0.29, 0.717) is 5.75 Å². The van der Waals surface area contributed by atoms with Gasteiger partial charge in [-0.3, -0.25) is 0 Å². The normalized spacial score (nSPS) is 13.7. The smallest absolute Gasteiger partial charge is 0.405 e. The molecule has 0 aromatic heterocycles. The number of carbonyl (C=O) groups excluding carboxylic acids is 1. The number of rotatable bonds is 6. The van der Waals surface area contributed by atoms with Gasteiger partial charge in [-0.2, -0.15) is 0 Å². The molecule has 2 N–H and O–H groups in total. The van der Waals surface area contributed by atoms with Gasteiger partial charge in [-0.15, -0.1) is 0 Å². The van der Waals surface area contributed by atoms with E-state index in [-0.39, 0.29) is 5.92 Å². The van der Waals surface area contributed by atoms with Gasteiger partial charge in [-0.1, -0.05) is 26.0 Å². The summed E-state index contributed by atoms with van der Waals surface area (Å²) in [6.45, 7) is 3.78. The molecule has 1 aromatic carbocycles. The average molecular weight is 265 g/mol. The Kier molecular flexibility index (Phi) is 5.36. The highest BCUT2D eigenvalue weighted by molar-refractivity contribution is 5.67. The van der Waals surface area contributed by atoms with Crippen molar-refractivity contribution in [1.82, 2.24) is 5.32 Å². The minimum atomic E-state index is -1.15. The van der Waals surface area contributed by atoms with Crippen LogP contribution in [0, 0.1) is 11.8 Å². The van der Waals surface area contributed by atoms with E-state index in [1.165, 1.54) is 0 Å². The fourth-order valence-electron chi connectivity index (χ4n) is 1.97. The van der Waals surface area contributed by atoms with Crippen LogP contribution in [0.2, 0.25) is 0 Å². The Balaban J connectivity index is 3.06. The van der Waals surface area contributed by atoms with E-state index >= 15 is 0 Å². The molecule has 0 saturated carbocycles. The zero-order valence-corrected chi connectivity index (χ0v) is 11.3. The van der Waals surface area contributed by atoms with Crippen molar-refractivity contribution < 1.29 is 19.4 Å². The molecule has 19 heavy (non-hydrogen) atoms. The van der Waals surface area contributed by atoms with Crippen LogP contribution in [0.15, 0.2) is 24.3 Å². The van der Waals surface area contributed by atoms with Gasteiger partial charge < -0.3 is 20.0 Å². The van der Waals surface area contributed by atoms with Crippen molar-refractivity contribution in [2.24, 2.45) is 11.8 Å². The number of nitrogens with one attached hydrogen (secondary N) is 1. The summed E-state index contributed by atoms with van der Waals surface area (Å²) in [7, 11) is 1.56. The van der Waals surface area contributed by atoms with Crippen LogP contribution in [0.25, 0.3) is 0 Å². The summed E-state index contributed by atoms with van der Waals surface area (Å²) in [6, 6.07) is 6.46. The highest BCUT2D eigenvalue weighted by atomic mass is 16.5. The van der Waals surface area contributed by atoms with Crippen molar-refractivity contribution in [3.8, 4) is 5.75 Å². The van der Waals surface area contributed by atoms with Gasteiger partial charge in [0, 0.05) is 5.92 Å². The van der Waals surface area contributed by atoms with E-state index in [2.05, 4.69) is 5.32 Å². The summed E-state index contributed by atoms with van der Waals surface area (Å²) in [4.78, 5) is 22.1. The van der Waals surface area contributed by atoms with Gasteiger partial charge in [0.1, 0.15) is 12.0 Å². The molecule has 0 unspecified atom stereocenters. The van der Waals surface area contributed by atoms with Crippen molar-refractivity contribution >= 4 is 12.4 Å². The third-order valence-electron chi connectivity index (χ3n) is 3.07. The average Bonchev–Trinajstić information content (AvgIpc) is 2.37. The number of benzene rings is 1. The molecule has 0 radical (unpaired) electrons. The molecule has 5 heteroatoms. The Morgan fingerprint density at radius 1 is 1.32 bits per heavy atom. The summed E-state index contributed by atoms with van der Waals surface area (Å²) >= 11 is 0. The number of methoxy groups -OCH3 is 1. The van der Waals surface area contributed by atoms with E-state index in [0.717, 1.165) is 11.8 Å². The SMILES string of the molecule is COc1ccc([C@@H](NC(=O)O)[C@@H](C=O)C(C)C)cc1. The number of amides is 1. The van der Waals surface area contributed by atoms with Crippen molar-refractivity contribution in [3.05, 3.63) is 29.8 Å². The maximum absolute atomic E-state index is 11.2. The lowest BCUT2D eigenvalue weighted by molar-refractivity contribution is -0.113. The van der Waals surface area contributed by atoms with Gasteiger partial charge >= 0.3 is 6.09 Å². The molecule has 1 amide bonds. The summed E-state index contributed by atoms with van der Waals surface area (Å²) in [5.41, 5.74) is 0.744. The quantitative estimate of drug-likeness (QED) is 0.775. The summed E-state index contributed by atoms with van der Waals surface area (Å²) in [6.07, 6.45) is -0.344. The number of carboxylic acid groups (broad SMARTS) is 1. The second kappa shape index (κ2) is 6.78. The molecule has 0 aliphatic heterocycles. The van der Waals surface area contributed by atoms with Crippen LogP contribution in [0.5, 0.6) is 5.75 Å². The van der Waals surface area contributed by atoms with Crippen LogP contribution < -0.4 is 10.1 Å². The molecule has 0 heterocycles. The number of hydrogen-bond donors (Lipinski definition) is 2. The van der Waals surface area contributed by atoms with Gasteiger partial charge in [0.25, 0.3) is 0 Å². The number of carbonyl (C=O) groups is 2. The zero-order valence-electron chi connectivity index (χ0n) is 11.3. The number of ether oxygens (including phenoxy) is 1. The lowest BCUT2D eigenvalue weighted by Gasteiger charge is -2.26. The summed E-state index contributed by atoms with van der Waals surface area (Å²) < 4.78 is 5.06. The molecule has 5 nitrogen and oxygen atoms in total. The Bertz CT molecular complexity index is 428. The maximum atomic E-state index is 11.2. The first-order valence-corrected chi connectivity index (χ1v) is 6.08. The standard InChI is InChI=1S/C14H19NO4/c1-9(2)12(8-16)13(15-14(17)18)10-4-6-11(19-3)7-5-10/h4-9,12-13,15H,1-3H3,(H,17,18)/t12-,13+/m0/s1. The van der Waals surface area contributed by atoms with Crippen LogP contribution in [0.3, 0.4) is 0 Å². The Labute approximate surface area is 112 Å². The largest absolute Gasteiger partial charge is 0.497 e. The highest BCUT2D eigenvalue weighted by Gasteiger charge is 2.27. The predicted molar refractivity (Wildman–Crippen MR) is 71.3 cm³/mol. The highest BCUT2D eigenvalue weighted by Crippen LogP contribution is 2.28. The minimum Gasteiger partial charge on any atom is -0.497 e. The molecule has 2 atom stereocenters. The fraction of sp³-hybridized carbons (Fsp3) is 0.429. The van der Waals surface area contributed by atoms with Crippen molar-refractivity contribution in [2.75, 3.05) is 7.11 Å². The van der Waals surface area contributed by atoms with Crippen LogP contribution >= 0.6 is 0 Å². The third kappa shape index (κ3) is 3.98. The lowest BCUT2D eigenvalue weighted by Crippen LogP contribution is -2.35. The lowest BCUT2D eigenvalue weighted by atomic mass is 9.85. The van der Waals surface area contributed by atoms with E-state index in [1.54, 1.807) is 31.4 Å². The van der Waals surface area contributed by atoms with Crippen molar-refractivity contribution in [2.45, 2.75) is 19.9 Å². The molecule has 0 aliphatic rings. The van der Waals surface area contributed by atoms with Crippen LogP contribution in [-0.2, 0) is 4.79 Å². The first kappa shape index (κ1) is 15.0. The van der Waals surface area contributed by atoms with E-state index in [4.69, 9.17) is 9.84 Å².